The van der Waals surface area contributed by atoms with E-state index in [0.717, 1.165) is 22.2 Å². The van der Waals surface area contributed by atoms with E-state index in [9.17, 15) is 5.11 Å². The van der Waals surface area contributed by atoms with Crippen molar-refractivity contribution in [1.82, 2.24) is 9.97 Å². The average Bonchev–Trinajstić information content (AvgIpc) is 2.68. The van der Waals surface area contributed by atoms with E-state index < -0.39 is 5.60 Å². The molecule has 4 aromatic rings. The minimum Gasteiger partial charge on any atom is -0.374 e. The van der Waals surface area contributed by atoms with E-state index in [1.807, 2.05) is 84.9 Å². The summed E-state index contributed by atoms with van der Waals surface area (Å²) >= 11 is 0. The number of hydrogen-bond donors (Lipinski definition) is 1. The van der Waals surface area contributed by atoms with E-state index in [-0.39, 0.29) is 0 Å². The van der Waals surface area contributed by atoms with Crippen LogP contribution in [-0.4, -0.2) is 15.1 Å². The molecule has 1 heterocycles. The van der Waals surface area contributed by atoms with Crippen molar-refractivity contribution in [1.29, 1.82) is 0 Å². The molecule has 3 nitrogen and oxygen atoms in total. The lowest BCUT2D eigenvalue weighted by Crippen LogP contribution is -2.30. The third-order valence-electron chi connectivity index (χ3n) is 4.20. The number of nitrogens with zero attached hydrogens (tertiary/aromatic N) is 2. The van der Waals surface area contributed by atoms with Gasteiger partial charge in [0.25, 0.3) is 0 Å². The second kappa shape index (κ2) is 5.87. The van der Waals surface area contributed by atoms with Crippen molar-refractivity contribution in [3.63, 3.8) is 0 Å². The van der Waals surface area contributed by atoms with Crippen LogP contribution in [0.25, 0.3) is 11.0 Å². The molecule has 0 aliphatic heterocycles. The van der Waals surface area contributed by atoms with E-state index in [1.54, 1.807) is 6.20 Å². The molecule has 0 spiro atoms. The molecule has 1 aromatic heterocycles. The highest BCUT2D eigenvalue weighted by atomic mass is 16.3. The van der Waals surface area contributed by atoms with E-state index in [4.69, 9.17) is 0 Å². The maximum absolute atomic E-state index is 11.7. The van der Waals surface area contributed by atoms with Gasteiger partial charge < -0.3 is 5.11 Å². The van der Waals surface area contributed by atoms with Gasteiger partial charge in [-0.15, -0.1) is 0 Å². The molecule has 0 bridgehead atoms. The summed E-state index contributed by atoms with van der Waals surface area (Å²) in [7, 11) is 0. The van der Waals surface area contributed by atoms with Crippen LogP contribution in [0, 0.1) is 0 Å². The summed E-state index contributed by atoms with van der Waals surface area (Å²) in [6.07, 6.45) is 1.66. The summed E-state index contributed by atoms with van der Waals surface area (Å²) < 4.78 is 0. The number of aliphatic hydroxyl groups is 1. The van der Waals surface area contributed by atoms with Gasteiger partial charge in [0.15, 0.2) is 5.60 Å². The zero-order valence-electron chi connectivity index (χ0n) is 13.0. The Morgan fingerprint density at radius 3 is 1.71 bits per heavy atom. The van der Waals surface area contributed by atoms with Gasteiger partial charge in [0.1, 0.15) is 5.69 Å². The van der Waals surface area contributed by atoms with Crippen LogP contribution in [-0.2, 0) is 5.60 Å². The molecule has 24 heavy (non-hydrogen) atoms. The van der Waals surface area contributed by atoms with Crippen molar-refractivity contribution in [3.8, 4) is 0 Å². The quantitative estimate of drug-likeness (QED) is 0.624. The Bertz CT molecular complexity index is 929. The molecule has 0 saturated heterocycles. The van der Waals surface area contributed by atoms with Crippen molar-refractivity contribution < 1.29 is 5.11 Å². The van der Waals surface area contributed by atoms with Crippen LogP contribution in [0.4, 0.5) is 0 Å². The van der Waals surface area contributed by atoms with Gasteiger partial charge in [-0.2, -0.15) is 0 Å². The van der Waals surface area contributed by atoms with E-state index >= 15 is 0 Å². The van der Waals surface area contributed by atoms with Crippen LogP contribution in [0.5, 0.6) is 0 Å². The van der Waals surface area contributed by atoms with Crippen LogP contribution < -0.4 is 0 Å². The number of aromatic nitrogens is 2. The molecule has 0 atom stereocenters. The predicted octanol–water partition coefficient (Wildman–Crippen LogP) is 3.91. The Morgan fingerprint density at radius 2 is 1.12 bits per heavy atom. The molecule has 0 amide bonds. The van der Waals surface area contributed by atoms with Gasteiger partial charge in [0, 0.05) is 0 Å². The SMILES string of the molecule is OC(c1ccccc1)(c1ccccc1)c1cnc2ccccc2n1. The molecule has 1 N–H and O–H groups in total. The third kappa shape index (κ3) is 2.36. The first-order chi connectivity index (χ1) is 11.8. The Balaban J connectivity index is 1.98. The van der Waals surface area contributed by atoms with Gasteiger partial charge in [-0.05, 0) is 23.3 Å². The minimum atomic E-state index is -1.35. The number of para-hydroxylation sites is 2. The van der Waals surface area contributed by atoms with Crippen molar-refractivity contribution >= 4 is 11.0 Å². The molecule has 0 saturated carbocycles. The highest BCUT2D eigenvalue weighted by molar-refractivity contribution is 5.74. The van der Waals surface area contributed by atoms with Crippen LogP contribution in [0.3, 0.4) is 0 Å². The monoisotopic (exact) mass is 312 g/mol. The Hall–Kier alpha value is -3.04. The standard InChI is InChI=1S/C21H16N2O/c24-21(16-9-3-1-4-10-16,17-11-5-2-6-12-17)20-15-22-18-13-7-8-14-19(18)23-20/h1-15,24H. The first-order valence-corrected chi connectivity index (χ1v) is 7.84. The average molecular weight is 312 g/mol. The van der Waals surface area contributed by atoms with Crippen LogP contribution in [0.15, 0.2) is 91.1 Å². The van der Waals surface area contributed by atoms with Crippen molar-refractivity contribution in [2.24, 2.45) is 0 Å². The van der Waals surface area contributed by atoms with Gasteiger partial charge in [0.2, 0.25) is 0 Å². The lowest BCUT2D eigenvalue weighted by Gasteiger charge is -2.28. The van der Waals surface area contributed by atoms with Crippen molar-refractivity contribution in [2.45, 2.75) is 5.60 Å². The first kappa shape index (κ1) is 14.5. The second-order valence-electron chi connectivity index (χ2n) is 5.69. The maximum atomic E-state index is 11.7. The fourth-order valence-electron chi connectivity index (χ4n) is 2.95. The molecule has 4 rings (SSSR count). The van der Waals surface area contributed by atoms with Crippen LogP contribution >= 0.6 is 0 Å². The van der Waals surface area contributed by atoms with Gasteiger partial charge in [0.05, 0.1) is 17.2 Å². The second-order valence-corrected chi connectivity index (χ2v) is 5.69. The Morgan fingerprint density at radius 1 is 0.625 bits per heavy atom. The predicted molar refractivity (Wildman–Crippen MR) is 94.5 cm³/mol. The van der Waals surface area contributed by atoms with Gasteiger partial charge in [-0.1, -0.05) is 72.8 Å². The molecule has 0 aliphatic carbocycles. The number of hydrogen-bond acceptors (Lipinski definition) is 3. The van der Waals surface area contributed by atoms with E-state index in [0.29, 0.717) is 5.69 Å². The zero-order valence-corrected chi connectivity index (χ0v) is 13.0. The summed E-state index contributed by atoms with van der Waals surface area (Å²) in [5, 5.41) is 11.7. The molecule has 0 unspecified atom stereocenters. The maximum Gasteiger partial charge on any atom is 0.158 e. The molecule has 0 aliphatic rings. The van der Waals surface area contributed by atoms with E-state index in [2.05, 4.69) is 9.97 Å². The molecular weight excluding hydrogens is 296 g/mol. The molecule has 0 fully saturated rings. The van der Waals surface area contributed by atoms with Gasteiger partial charge in [-0.25, -0.2) is 4.98 Å². The summed E-state index contributed by atoms with van der Waals surface area (Å²) in [4.78, 5) is 9.16. The van der Waals surface area contributed by atoms with E-state index in [1.165, 1.54) is 0 Å². The smallest absolute Gasteiger partial charge is 0.158 e. The van der Waals surface area contributed by atoms with Gasteiger partial charge >= 0.3 is 0 Å². The van der Waals surface area contributed by atoms with Crippen molar-refractivity contribution in [3.05, 3.63) is 108 Å². The number of benzene rings is 3. The highest BCUT2D eigenvalue weighted by Crippen LogP contribution is 2.35. The topological polar surface area (TPSA) is 46.0 Å². The molecule has 3 heteroatoms. The lowest BCUT2D eigenvalue weighted by atomic mass is 9.83. The van der Waals surface area contributed by atoms with Crippen LogP contribution in [0.1, 0.15) is 16.8 Å². The van der Waals surface area contributed by atoms with Crippen molar-refractivity contribution in [2.75, 3.05) is 0 Å². The normalized spacial score (nSPS) is 11.5. The zero-order chi connectivity index (χ0) is 16.4. The Kier molecular flexibility index (Phi) is 3.56. The minimum absolute atomic E-state index is 0.513. The molecule has 116 valence electrons. The Labute approximate surface area is 140 Å². The number of fused-ring (bicyclic) bond motifs is 1. The molecule has 0 radical (unpaired) electrons. The summed E-state index contributed by atoms with van der Waals surface area (Å²) in [6.45, 7) is 0. The van der Waals surface area contributed by atoms with Crippen LogP contribution in [0.2, 0.25) is 0 Å². The highest BCUT2D eigenvalue weighted by Gasteiger charge is 2.35. The third-order valence-corrected chi connectivity index (χ3v) is 4.20. The fraction of sp³-hybridized carbons (Fsp3) is 0.0476. The van der Waals surface area contributed by atoms with Gasteiger partial charge in [-0.3, -0.25) is 4.98 Å². The summed E-state index contributed by atoms with van der Waals surface area (Å²) in [6, 6.07) is 26.8. The summed E-state index contributed by atoms with van der Waals surface area (Å²) in [5.41, 5.74) is 2.27. The number of rotatable bonds is 3. The first-order valence-electron chi connectivity index (χ1n) is 7.84. The molecule has 3 aromatic carbocycles. The summed E-state index contributed by atoms with van der Waals surface area (Å²) in [5.74, 6) is 0. The molecular formula is C21H16N2O. The largest absolute Gasteiger partial charge is 0.374 e. The fourth-order valence-corrected chi connectivity index (χ4v) is 2.95. The lowest BCUT2D eigenvalue weighted by molar-refractivity contribution is 0.121.